The van der Waals surface area contributed by atoms with Crippen molar-refractivity contribution in [2.24, 2.45) is 0 Å². The lowest BCUT2D eigenvalue weighted by molar-refractivity contribution is 0.0746. The Kier molecular flexibility index (Phi) is 4.90. The number of hydrogen-bond acceptors (Lipinski definition) is 4. The van der Waals surface area contributed by atoms with Gasteiger partial charge in [-0.3, -0.25) is 9.20 Å². The molecular weight excluding hydrogens is 386 g/mol. The molecule has 4 aromatic rings. The summed E-state index contributed by atoms with van der Waals surface area (Å²) in [6, 6.07) is 20.1. The van der Waals surface area contributed by atoms with Crippen molar-refractivity contribution >= 4 is 17.2 Å². The average Bonchev–Trinajstić information content (AvgIpc) is 3.24. The summed E-state index contributed by atoms with van der Waals surface area (Å²) < 4.78 is 1.92. The van der Waals surface area contributed by atoms with Crippen molar-refractivity contribution in [1.82, 2.24) is 19.5 Å². The minimum Gasteiger partial charge on any atom is -0.368 e. The molecule has 0 unspecified atom stereocenters. The maximum atomic E-state index is 13.1. The molecule has 1 aliphatic heterocycles. The predicted molar refractivity (Wildman–Crippen MR) is 122 cm³/mol. The van der Waals surface area contributed by atoms with Gasteiger partial charge in [0, 0.05) is 49.2 Å². The van der Waals surface area contributed by atoms with E-state index in [4.69, 9.17) is 0 Å². The highest BCUT2D eigenvalue weighted by atomic mass is 16.2. The van der Waals surface area contributed by atoms with E-state index in [-0.39, 0.29) is 5.91 Å². The quantitative estimate of drug-likeness (QED) is 0.512. The molecule has 5 rings (SSSR count). The standard InChI is InChI=1S/C25H25N5O/c1-18-7-6-10-22(19(18)2)28-13-15-29(16-14-28)25(31)21-11-12-30-23(17-21)26-27-24(30)20-8-4-3-5-9-20/h3-12,17H,13-16H2,1-2H3. The minimum atomic E-state index is 0.0485. The van der Waals surface area contributed by atoms with Gasteiger partial charge in [0.05, 0.1) is 0 Å². The first kappa shape index (κ1) is 19.3. The van der Waals surface area contributed by atoms with Crippen LogP contribution in [0.5, 0.6) is 0 Å². The smallest absolute Gasteiger partial charge is 0.254 e. The number of hydrogen-bond donors (Lipinski definition) is 0. The molecule has 6 heteroatoms. The summed E-state index contributed by atoms with van der Waals surface area (Å²) in [6.45, 7) is 7.39. The van der Waals surface area contributed by atoms with Gasteiger partial charge in [0.2, 0.25) is 0 Å². The molecule has 31 heavy (non-hydrogen) atoms. The zero-order valence-corrected chi connectivity index (χ0v) is 17.8. The topological polar surface area (TPSA) is 53.7 Å². The number of carbonyl (C=O) groups excluding carboxylic acids is 1. The highest BCUT2D eigenvalue weighted by Gasteiger charge is 2.24. The second kappa shape index (κ2) is 7.87. The Hall–Kier alpha value is -3.67. The minimum absolute atomic E-state index is 0.0485. The third kappa shape index (κ3) is 3.54. The molecule has 156 valence electrons. The SMILES string of the molecule is Cc1cccc(N2CCN(C(=O)c3ccn4c(-c5ccccc5)nnc4c3)CC2)c1C. The van der Waals surface area contributed by atoms with Gasteiger partial charge in [0.15, 0.2) is 11.5 Å². The molecule has 0 spiro atoms. The fourth-order valence-electron chi connectivity index (χ4n) is 4.22. The number of piperazine rings is 1. The predicted octanol–water partition coefficient (Wildman–Crippen LogP) is 3.98. The summed E-state index contributed by atoms with van der Waals surface area (Å²) in [5.74, 6) is 0.823. The van der Waals surface area contributed by atoms with Crippen molar-refractivity contribution in [1.29, 1.82) is 0 Å². The molecule has 1 saturated heterocycles. The number of rotatable bonds is 3. The molecule has 2 aromatic carbocycles. The number of anilines is 1. The Balaban J connectivity index is 1.32. The molecule has 0 atom stereocenters. The lowest BCUT2D eigenvalue weighted by Crippen LogP contribution is -2.49. The largest absolute Gasteiger partial charge is 0.368 e. The highest BCUT2D eigenvalue weighted by Crippen LogP contribution is 2.24. The van der Waals surface area contributed by atoms with Crippen LogP contribution in [0.15, 0.2) is 66.9 Å². The van der Waals surface area contributed by atoms with Gasteiger partial charge in [0.1, 0.15) is 0 Å². The molecule has 3 heterocycles. The Labute approximate surface area is 181 Å². The summed E-state index contributed by atoms with van der Waals surface area (Å²) in [6.07, 6.45) is 1.89. The van der Waals surface area contributed by atoms with Gasteiger partial charge in [-0.05, 0) is 43.2 Å². The fraction of sp³-hybridized carbons (Fsp3) is 0.240. The molecule has 1 aliphatic rings. The normalized spacial score (nSPS) is 14.3. The molecule has 1 amide bonds. The monoisotopic (exact) mass is 411 g/mol. The first-order chi connectivity index (χ1) is 15.1. The zero-order valence-electron chi connectivity index (χ0n) is 17.8. The van der Waals surface area contributed by atoms with Crippen molar-refractivity contribution in [2.45, 2.75) is 13.8 Å². The molecule has 0 N–H and O–H groups in total. The number of benzene rings is 2. The number of fused-ring (bicyclic) bond motifs is 1. The molecule has 0 bridgehead atoms. The third-order valence-electron chi connectivity index (χ3n) is 6.17. The number of nitrogens with zero attached hydrogens (tertiary/aromatic N) is 5. The van der Waals surface area contributed by atoms with Crippen molar-refractivity contribution in [3.8, 4) is 11.4 Å². The lowest BCUT2D eigenvalue weighted by Gasteiger charge is -2.37. The van der Waals surface area contributed by atoms with Gasteiger partial charge in [-0.2, -0.15) is 0 Å². The van der Waals surface area contributed by atoms with Crippen molar-refractivity contribution in [3.05, 3.63) is 83.6 Å². The Morgan fingerprint density at radius 3 is 2.42 bits per heavy atom. The first-order valence-electron chi connectivity index (χ1n) is 10.6. The van der Waals surface area contributed by atoms with E-state index in [9.17, 15) is 4.79 Å². The second-order valence-electron chi connectivity index (χ2n) is 8.03. The first-order valence-corrected chi connectivity index (χ1v) is 10.6. The van der Waals surface area contributed by atoms with Gasteiger partial charge in [-0.25, -0.2) is 0 Å². The Morgan fingerprint density at radius 1 is 0.871 bits per heavy atom. The van der Waals surface area contributed by atoms with Crippen molar-refractivity contribution in [2.75, 3.05) is 31.1 Å². The molecule has 0 saturated carbocycles. The Bertz CT molecular complexity index is 1240. The number of carbonyl (C=O) groups is 1. The maximum absolute atomic E-state index is 13.1. The van der Waals surface area contributed by atoms with Gasteiger partial charge < -0.3 is 9.80 Å². The number of pyridine rings is 1. The van der Waals surface area contributed by atoms with Gasteiger partial charge in [-0.15, -0.1) is 10.2 Å². The van der Waals surface area contributed by atoms with Crippen LogP contribution in [-0.2, 0) is 0 Å². The Morgan fingerprint density at radius 2 is 1.65 bits per heavy atom. The molecule has 6 nitrogen and oxygen atoms in total. The number of aromatic nitrogens is 3. The van der Waals surface area contributed by atoms with E-state index in [0.717, 1.165) is 24.5 Å². The summed E-state index contributed by atoms with van der Waals surface area (Å²) in [7, 11) is 0. The molecule has 0 radical (unpaired) electrons. The van der Waals surface area contributed by atoms with Crippen molar-refractivity contribution in [3.63, 3.8) is 0 Å². The van der Waals surface area contributed by atoms with Crippen LogP contribution in [0.4, 0.5) is 5.69 Å². The van der Waals surface area contributed by atoms with Gasteiger partial charge in [0.25, 0.3) is 5.91 Å². The maximum Gasteiger partial charge on any atom is 0.254 e. The number of aryl methyl sites for hydroxylation is 1. The number of amides is 1. The van der Waals surface area contributed by atoms with Crippen LogP contribution >= 0.6 is 0 Å². The van der Waals surface area contributed by atoms with E-state index >= 15 is 0 Å². The van der Waals surface area contributed by atoms with E-state index in [1.807, 2.05) is 58.0 Å². The highest BCUT2D eigenvalue weighted by molar-refractivity contribution is 5.95. The summed E-state index contributed by atoms with van der Waals surface area (Å²) in [5.41, 5.74) is 6.21. The lowest BCUT2D eigenvalue weighted by atomic mass is 10.1. The van der Waals surface area contributed by atoms with E-state index < -0.39 is 0 Å². The average molecular weight is 412 g/mol. The van der Waals surface area contributed by atoms with E-state index in [1.165, 1.54) is 16.8 Å². The van der Waals surface area contributed by atoms with E-state index in [0.29, 0.717) is 24.3 Å². The molecule has 0 aliphatic carbocycles. The summed E-state index contributed by atoms with van der Waals surface area (Å²) in [5, 5.41) is 8.61. The van der Waals surface area contributed by atoms with Crippen LogP contribution in [0.2, 0.25) is 0 Å². The van der Waals surface area contributed by atoms with Crippen molar-refractivity contribution < 1.29 is 4.79 Å². The van der Waals surface area contributed by atoms with Gasteiger partial charge in [-0.1, -0.05) is 42.5 Å². The summed E-state index contributed by atoms with van der Waals surface area (Å²) >= 11 is 0. The molecule has 2 aromatic heterocycles. The van der Waals surface area contributed by atoms with Crippen LogP contribution in [0.1, 0.15) is 21.5 Å². The third-order valence-corrected chi connectivity index (χ3v) is 6.17. The van der Waals surface area contributed by atoms with E-state index in [1.54, 1.807) is 0 Å². The van der Waals surface area contributed by atoms with Crippen LogP contribution in [0, 0.1) is 13.8 Å². The molecule has 1 fully saturated rings. The van der Waals surface area contributed by atoms with Crippen LogP contribution in [0.25, 0.3) is 17.0 Å². The van der Waals surface area contributed by atoms with E-state index in [2.05, 4.69) is 47.1 Å². The van der Waals surface area contributed by atoms with Crippen LogP contribution < -0.4 is 4.90 Å². The molecular formula is C25H25N5O. The van der Waals surface area contributed by atoms with Crippen LogP contribution in [0.3, 0.4) is 0 Å². The fourth-order valence-corrected chi connectivity index (χ4v) is 4.22. The van der Waals surface area contributed by atoms with Gasteiger partial charge >= 0.3 is 0 Å². The second-order valence-corrected chi connectivity index (χ2v) is 8.03. The zero-order chi connectivity index (χ0) is 21.4. The summed E-state index contributed by atoms with van der Waals surface area (Å²) in [4.78, 5) is 17.4. The van der Waals surface area contributed by atoms with Crippen LogP contribution in [-0.4, -0.2) is 51.6 Å².